The molecular formula is C51H98N24O11. The Kier molecular flexibility index (Phi) is 35.9. The smallest absolute Gasteiger partial charge is 0.246 e. The van der Waals surface area contributed by atoms with Crippen molar-refractivity contribution in [3.63, 3.8) is 0 Å². The summed E-state index contributed by atoms with van der Waals surface area (Å²) < 4.78 is 0. The van der Waals surface area contributed by atoms with Crippen LogP contribution in [0.1, 0.15) is 136 Å². The Balaban J connectivity index is 3.66. The van der Waals surface area contributed by atoms with Crippen molar-refractivity contribution in [2.45, 2.75) is 196 Å². The highest BCUT2D eigenvalue weighted by Gasteiger charge is 2.45. The number of unbranched alkanes of at least 4 members (excludes halogenated alkanes) is 2. The Morgan fingerprint density at radius 1 is 0.419 bits per heavy atom. The van der Waals surface area contributed by atoms with Crippen LogP contribution in [0.5, 0.6) is 0 Å². The first kappa shape index (κ1) is 75.7. The molecular weight excluding hydrogens is 1120 g/mol. The van der Waals surface area contributed by atoms with Crippen LogP contribution >= 0.6 is 0 Å². The minimum absolute atomic E-state index is 0.000577. The number of aliphatic imine (C=N–C) groups is 4. The second kappa shape index (κ2) is 40.8. The summed E-state index contributed by atoms with van der Waals surface area (Å²) in [5, 5.41) is 33.9. The molecule has 0 bridgehead atoms. The number of hydrogen-bond donors (Lipinski definition) is 21. The second-order valence-electron chi connectivity index (χ2n) is 21.0. The molecule has 1 aliphatic carbocycles. The van der Waals surface area contributed by atoms with E-state index in [1.807, 2.05) is 0 Å². The van der Waals surface area contributed by atoms with Gasteiger partial charge in [0.15, 0.2) is 23.8 Å². The van der Waals surface area contributed by atoms with Crippen molar-refractivity contribution in [3.05, 3.63) is 0 Å². The lowest BCUT2D eigenvalue weighted by molar-refractivity contribution is -0.138. The zero-order valence-corrected chi connectivity index (χ0v) is 49.8. The third-order valence-corrected chi connectivity index (χ3v) is 13.6. The fourth-order valence-corrected chi connectivity index (χ4v) is 9.04. The number of nitrogens with one attached hydrogen (secondary N) is 9. The average molecular weight is 1220 g/mol. The summed E-state index contributed by atoms with van der Waals surface area (Å²) in [6.45, 7) is 4.56. The number of amides is 10. The second-order valence-corrected chi connectivity index (χ2v) is 21.0. The first-order valence-corrected chi connectivity index (χ1v) is 28.9. The highest BCUT2D eigenvalue weighted by atomic mass is 16.3. The topological polar surface area (TPSA) is 635 Å². The maximum atomic E-state index is 14.8. The molecule has 0 heterocycles. The van der Waals surface area contributed by atoms with Crippen molar-refractivity contribution in [3.8, 4) is 0 Å². The first-order chi connectivity index (χ1) is 40.6. The largest absolute Gasteiger partial charge is 0.391 e. The Labute approximate surface area is 501 Å². The monoisotopic (exact) mass is 1220 g/mol. The van der Waals surface area contributed by atoms with Crippen LogP contribution in [0.2, 0.25) is 0 Å². The number of hydrogen-bond acceptors (Lipinski definition) is 17. The molecule has 0 unspecified atom stereocenters. The molecule has 86 heavy (non-hydrogen) atoms. The molecule has 488 valence electrons. The number of rotatable bonds is 43. The molecule has 0 radical (unpaired) electrons. The first-order valence-electron chi connectivity index (χ1n) is 28.9. The third-order valence-electron chi connectivity index (χ3n) is 13.6. The summed E-state index contributed by atoms with van der Waals surface area (Å²) in [7, 11) is 0. The maximum absolute atomic E-state index is 14.8. The van der Waals surface area contributed by atoms with Crippen molar-refractivity contribution < 1.29 is 53.1 Å². The molecule has 35 heteroatoms. The van der Waals surface area contributed by atoms with E-state index < -0.39 is 119 Å². The summed E-state index contributed by atoms with van der Waals surface area (Å²) >= 11 is 0. The van der Waals surface area contributed by atoms with Gasteiger partial charge in [-0.3, -0.25) is 67.9 Å². The van der Waals surface area contributed by atoms with E-state index >= 15 is 0 Å². The van der Waals surface area contributed by atoms with Gasteiger partial charge in [-0.25, -0.2) is 0 Å². The Bertz CT molecular complexity index is 2330. The molecule has 35 nitrogen and oxygen atoms in total. The molecule has 32 N–H and O–H groups in total. The minimum Gasteiger partial charge on any atom is -0.391 e. The van der Waals surface area contributed by atoms with Crippen molar-refractivity contribution in [1.82, 2.24) is 47.9 Å². The van der Waals surface area contributed by atoms with Crippen LogP contribution in [-0.4, -0.2) is 187 Å². The summed E-state index contributed by atoms with van der Waals surface area (Å²) in [6.07, 6.45) is 1.85. The van der Waals surface area contributed by atoms with Gasteiger partial charge in [0.05, 0.1) is 6.10 Å². The SMILES string of the molecule is CC(=O)N[C@@H](CCCN=C(N)N)C(=O)N[C@@H](C)C(=O)N[C@@H](CCCN=C(N)N)C(=O)NC1(C(=O)N[C@@H](CCCN=C(N)N)C(=O)N[C@@H](CCCCN)C(=O)N[C@@H](CCCCN)C(=O)N[C@@H](CCCN=C(N)N)C(=O)N[C@H](C(N)=O)[C@@H](C)O)CCCC1. The fraction of sp³-hybridized carbons (Fsp3) is 0.725. The van der Waals surface area contributed by atoms with Gasteiger partial charge in [-0.15, -0.1) is 0 Å². The van der Waals surface area contributed by atoms with Gasteiger partial charge >= 0.3 is 0 Å². The van der Waals surface area contributed by atoms with Crippen LogP contribution in [0.15, 0.2) is 20.0 Å². The summed E-state index contributed by atoms with van der Waals surface area (Å²) in [5.74, 6) is -8.83. The predicted octanol–water partition coefficient (Wildman–Crippen LogP) is -8.33. The molecule has 0 aliphatic heterocycles. The highest BCUT2D eigenvalue weighted by molar-refractivity contribution is 6.00. The normalized spacial score (nSPS) is 15.5. The lowest BCUT2D eigenvalue weighted by Gasteiger charge is -2.33. The number of guanidine groups is 4. The van der Waals surface area contributed by atoms with Crippen LogP contribution in [-0.2, 0) is 47.9 Å². The fourth-order valence-electron chi connectivity index (χ4n) is 9.04. The zero-order chi connectivity index (χ0) is 64.9. The van der Waals surface area contributed by atoms with E-state index in [0.717, 1.165) is 0 Å². The minimum atomic E-state index is -1.64. The summed E-state index contributed by atoms with van der Waals surface area (Å²) in [4.78, 5) is 153. The van der Waals surface area contributed by atoms with Crippen molar-refractivity contribution in [1.29, 1.82) is 0 Å². The highest BCUT2D eigenvalue weighted by Crippen LogP contribution is 2.31. The quantitative estimate of drug-likeness (QED) is 0.0153. The van der Waals surface area contributed by atoms with Crippen molar-refractivity contribution in [2.75, 3.05) is 39.3 Å². The Morgan fingerprint density at radius 2 is 0.733 bits per heavy atom. The standard InChI is InChI=1S/C51H98N24O11/c1-28(67-40(80)31(68-30(3)77)16-10-24-63-47(55)56)39(79)69-36(19-13-27-66-50(61)62)45(85)75-51(20-6-7-21-51)46(86)73-35(18-12-26-65-49(59)60)43(83)71-33(15-5-9-23-53)41(81)70-32(14-4-8-22-52)42(82)72-34(17-11-25-64-48(57)58)44(84)74-37(29(2)76)38(54)78/h28-29,31-37,76H,4-27,52-53H2,1-3H3,(H2,54,78)(H,67,80)(H,68,77)(H,69,79)(H,70,81)(H,71,83)(H,72,82)(H,73,86)(H,74,84)(H,75,85)(H4,55,56,63)(H4,57,58,64)(H4,59,60,65)(H4,61,62,66)/t28-,29+,31-,32-,33-,34-,35-,36-,37-/m0/s1. The Morgan fingerprint density at radius 3 is 1.07 bits per heavy atom. The molecule has 1 rings (SSSR count). The summed E-state index contributed by atoms with van der Waals surface area (Å²) in [5.41, 5.74) is 59.3. The van der Waals surface area contributed by atoms with Gasteiger partial charge < -0.3 is 116 Å². The van der Waals surface area contributed by atoms with E-state index in [-0.39, 0.29) is 134 Å². The van der Waals surface area contributed by atoms with Crippen LogP contribution in [0.3, 0.4) is 0 Å². The van der Waals surface area contributed by atoms with Crippen LogP contribution in [0, 0.1) is 0 Å². The van der Waals surface area contributed by atoms with Gasteiger partial charge in [-0.1, -0.05) is 12.8 Å². The van der Waals surface area contributed by atoms with E-state index in [0.29, 0.717) is 44.9 Å². The van der Waals surface area contributed by atoms with Gasteiger partial charge in [0.25, 0.3) is 0 Å². The number of carbonyl (C=O) groups is 10. The van der Waals surface area contributed by atoms with E-state index in [2.05, 4.69) is 67.8 Å². The van der Waals surface area contributed by atoms with Crippen LogP contribution in [0.4, 0.5) is 0 Å². The number of aliphatic hydroxyl groups excluding tert-OH is 1. The van der Waals surface area contributed by atoms with E-state index in [1.54, 1.807) is 0 Å². The van der Waals surface area contributed by atoms with Gasteiger partial charge in [0.2, 0.25) is 59.1 Å². The third kappa shape index (κ3) is 30.5. The molecule has 10 amide bonds. The maximum Gasteiger partial charge on any atom is 0.246 e. The molecule has 0 aromatic rings. The lowest BCUT2D eigenvalue weighted by Crippen LogP contribution is -2.64. The van der Waals surface area contributed by atoms with E-state index in [9.17, 15) is 53.1 Å². The zero-order valence-electron chi connectivity index (χ0n) is 49.8. The molecule has 0 aromatic carbocycles. The molecule has 1 aliphatic rings. The van der Waals surface area contributed by atoms with Gasteiger partial charge in [0, 0.05) is 33.1 Å². The average Bonchev–Trinajstić information content (AvgIpc) is 2.97. The van der Waals surface area contributed by atoms with Gasteiger partial charge in [0.1, 0.15) is 53.9 Å². The van der Waals surface area contributed by atoms with E-state index in [4.69, 9.17) is 63.1 Å². The lowest BCUT2D eigenvalue weighted by atomic mass is 9.94. The number of nitrogens with zero attached hydrogens (tertiary/aromatic N) is 4. The number of aliphatic hydroxyl groups is 1. The molecule has 0 aromatic heterocycles. The summed E-state index contributed by atoms with van der Waals surface area (Å²) in [6, 6.07) is -10.6. The predicted molar refractivity (Wildman–Crippen MR) is 322 cm³/mol. The number of carbonyl (C=O) groups excluding carboxylic acids is 10. The van der Waals surface area contributed by atoms with Crippen molar-refractivity contribution >= 4 is 82.9 Å². The Hall–Kier alpha value is -8.34. The van der Waals surface area contributed by atoms with Crippen molar-refractivity contribution in [2.24, 2.45) is 83.0 Å². The van der Waals surface area contributed by atoms with E-state index in [1.165, 1.54) is 20.8 Å². The van der Waals surface area contributed by atoms with Crippen LogP contribution < -0.4 is 111 Å². The molecule has 1 saturated carbocycles. The molecule has 1 fully saturated rings. The van der Waals surface area contributed by atoms with Crippen LogP contribution in [0.25, 0.3) is 0 Å². The van der Waals surface area contributed by atoms with Gasteiger partial charge in [-0.05, 0) is 130 Å². The molecule has 0 saturated heterocycles. The number of primary amides is 1. The van der Waals surface area contributed by atoms with Gasteiger partial charge in [-0.2, -0.15) is 0 Å². The molecule has 9 atom stereocenters. The number of nitrogens with two attached hydrogens (primary N) is 11. The molecule has 0 spiro atoms.